The second-order valence-corrected chi connectivity index (χ2v) is 5.52. The molecule has 1 nitrogen and oxygen atoms in total. The zero-order valence-electron chi connectivity index (χ0n) is 10.1. The molecule has 2 aromatic carbocycles. The number of hydrogen-bond donors (Lipinski definition) is 1. The normalized spacial score (nSPS) is 12.5. The molecule has 0 aliphatic carbocycles. The zero-order valence-corrected chi connectivity index (χ0v) is 12.3. The third-order valence-electron chi connectivity index (χ3n) is 2.79. The van der Waals surface area contributed by atoms with E-state index in [1.165, 1.54) is 18.2 Å². The molecule has 0 amide bonds. The molecular formula is C14H11Cl3FN. The summed E-state index contributed by atoms with van der Waals surface area (Å²) < 4.78 is 14.0. The van der Waals surface area contributed by atoms with Crippen molar-refractivity contribution in [2.24, 2.45) is 5.73 Å². The Bertz CT molecular complexity index is 603. The predicted molar refractivity (Wildman–Crippen MR) is 79.5 cm³/mol. The highest BCUT2D eigenvalue weighted by atomic mass is 35.5. The van der Waals surface area contributed by atoms with E-state index in [9.17, 15) is 4.39 Å². The Kier molecular flexibility index (Phi) is 4.36. The molecule has 0 radical (unpaired) electrons. The van der Waals surface area contributed by atoms with Gasteiger partial charge in [0.25, 0.3) is 0 Å². The van der Waals surface area contributed by atoms with E-state index in [-0.39, 0.29) is 6.04 Å². The molecule has 0 fully saturated rings. The lowest BCUT2D eigenvalue weighted by molar-refractivity contribution is 0.629. The maximum absolute atomic E-state index is 14.0. The highest BCUT2D eigenvalue weighted by Crippen LogP contribution is 2.39. The first-order chi connectivity index (χ1) is 8.90. The van der Waals surface area contributed by atoms with Crippen LogP contribution in [0.1, 0.15) is 18.5 Å². The Morgan fingerprint density at radius 3 is 2.16 bits per heavy atom. The van der Waals surface area contributed by atoms with Crippen LogP contribution in [0.3, 0.4) is 0 Å². The van der Waals surface area contributed by atoms with Gasteiger partial charge in [0.15, 0.2) is 0 Å². The highest BCUT2D eigenvalue weighted by molar-refractivity contribution is 6.41. The molecule has 2 aromatic rings. The molecule has 0 aliphatic rings. The van der Waals surface area contributed by atoms with Gasteiger partial charge in [-0.1, -0.05) is 40.9 Å². The minimum absolute atomic E-state index is 0.204. The highest BCUT2D eigenvalue weighted by Gasteiger charge is 2.15. The number of hydrogen-bond acceptors (Lipinski definition) is 1. The summed E-state index contributed by atoms with van der Waals surface area (Å²) in [7, 11) is 0. The molecule has 100 valence electrons. The van der Waals surface area contributed by atoms with Crippen molar-refractivity contribution >= 4 is 34.8 Å². The molecule has 19 heavy (non-hydrogen) atoms. The number of halogens is 4. The van der Waals surface area contributed by atoms with Crippen molar-refractivity contribution in [3.05, 3.63) is 56.8 Å². The fraction of sp³-hybridized carbons (Fsp3) is 0.143. The van der Waals surface area contributed by atoms with Crippen molar-refractivity contribution in [1.82, 2.24) is 0 Å². The van der Waals surface area contributed by atoms with Crippen molar-refractivity contribution in [3.63, 3.8) is 0 Å². The quantitative estimate of drug-likeness (QED) is 0.780. The average molecular weight is 319 g/mol. The standard InChI is InChI=1S/C14H11Cl3FN/c1-7(19)8-2-3-13(18)10(4-8)14-11(16)5-9(15)6-12(14)17/h2-7H,19H2,1H3. The van der Waals surface area contributed by atoms with E-state index in [0.717, 1.165) is 5.56 Å². The Morgan fingerprint density at radius 2 is 1.63 bits per heavy atom. The van der Waals surface area contributed by atoms with E-state index in [0.29, 0.717) is 26.2 Å². The summed E-state index contributed by atoms with van der Waals surface area (Å²) >= 11 is 18.1. The molecule has 0 aromatic heterocycles. The third kappa shape index (κ3) is 3.03. The predicted octanol–water partition coefficient (Wildman–Crippen LogP) is 5.47. The van der Waals surface area contributed by atoms with Gasteiger partial charge in [0.05, 0.1) is 10.0 Å². The van der Waals surface area contributed by atoms with E-state index in [1.54, 1.807) is 12.1 Å². The van der Waals surface area contributed by atoms with Gasteiger partial charge in [-0.2, -0.15) is 0 Å². The summed E-state index contributed by atoms with van der Waals surface area (Å²) in [5.41, 5.74) is 7.35. The fourth-order valence-electron chi connectivity index (χ4n) is 1.82. The van der Waals surface area contributed by atoms with Gasteiger partial charge in [-0.25, -0.2) is 4.39 Å². The maximum Gasteiger partial charge on any atom is 0.131 e. The summed E-state index contributed by atoms with van der Waals surface area (Å²) in [6.07, 6.45) is 0. The molecule has 5 heteroatoms. The van der Waals surface area contributed by atoms with Crippen molar-refractivity contribution in [2.45, 2.75) is 13.0 Å². The molecule has 2 N–H and O–H groups in total. The minimum Gasteiger partial charge on any atom is -0.324 e. The van der Waals surface area contributed by atoms with Gasteiger partial charge >= 0.3 is 0 Å². The van der Waals surface area contributed by atoms with Crippen LogP contribution in [0.2, 0.25) is 15.1 Å². The van der Waals surface area contributed by atoms with Gasteiger partial charge in [-0.3, -0.25) is 0 Å². The van der Waals surface area contributed by atoms with E-state index in [2.05, 4.69) is 0 Å². The first-order valence-corrected chi connectivity index (χ1v) is 6.73. The number of benzene rings is 2. The lowest BCUT2D eigenvalue weighted by Crippen LogP contribution is -2.05. The largest absolute Gasteiger partial charge is 0.324 e. The van der Waals surface area contributed by atoms with Gasteiger partial charge < -0.3 is 5.73 Å². The molecule has 0 spiro atoms. The first kappa shape index (κ1) is 14.6. The Labute approximate surface area is 126 Å². The summed E-state index contributed by atoms with van der Waals surface area (Å²) in [5.74, 6) is -0.407. The van der Waals surface area contributed by atoms with Crippen LogP contribution in [0.5, 0.6) is 0 Å². The van der Waals surface area contributed by atoms with E-state index in [4.69, 9.17) is 40.5 Å². The molecule has 0 bridgehead atoms. The topological polar surface area (TPSA) is 26.0 Å². The van der Waals surface area contributed by atoms with Gasteiger partial charge in [0, 0.05) is 22.2 Å². The smallest absolute Gasteiger partial charge is 0.131 e. The summed E-state index contributed by atoms with van der Waals surface area (Å²) in [6.45, 7) is 1.82. The zero-order chi connectivity index (χ0) is 14.2. The third-order valence-corrected chi connectivity index (χ3v) is 3.61. The Balaban J connectivity index is 2.68. The molecular weight excluding hydrogens is 308 g/mol. The SMILES string of the molecule is CC(N)c1ccc(F)c(-c2c(Cl)cc(Cl)cc2Cl)c1. The van der Waals surface area contributed by atoms with Gasteiger partial charge in [0.1, 0.15) is 5.82 Å². The van der Waals surface area contributed by atoms with Crippen molar-refractivity contribution < 1.29 is 4.39 Å². The van der Waals surface area contributed by atoms with Gasteiger partial charge in [-0.05, 0) is 36.8 Å². The van der Waals surface area contributed by atoms with Crippen LogP contribution in [0.4, 0.5) is 4.39 Å². The molecule has 1 unspecified atom stereocenters. The summed E-state index contributed by atoms with van der Waals surface area (Å²) in [6, 6.07) is 7.51. The van der Waals surface area contributed by atoms with Crippen LogP contribution in [-0.4, -0.2) is 0 Å². The van der Waals surface area contributed by atoms with Crippen LogP contribution < -0.4 is 5.73 Å². The average Bonchev–Trinajstić information content (AvgIpc) is 2.29. The van der Waals surface area contributed by atoms with Crippen LogP contribution in [0.25, 0.3) is 11.1 Å². The van der Waals surface area contributed by atoms with Crippen LogP contribution in [0, 0.1) is 5.82 Å². The molecule has 0 saturated heterocycles. The van der Waals surface area contributed by atoms with Crippen molar-refractivity contribution in [3.8, 4) is 11.1 Å². The summed E-state index contributed by atoms with van der Waals surface area (Å²) in [5, 5.41) is 1.01. The van der Waals surface area contributed by atoms with Gasteiger partial charge in [-0.15, -0.1) is 0 Å². The van der Waals surface area contributed by atoms with Crippen LogP contribution in [-0.2, 0) is 0 Å². The van der Waals surface area contributed by atoms with Crippen molar-refractivity contribution in [1.29, 1.82) is 0 Å². The second kappa shape index (κ2) is 5.68. The van der Waals surface area contributed by atoms with Crippen LogP contribution in [0.15, 0.2) is 30.3 Å². The molecule has 0 saturated carbocycles. The van der Waals surface area contributed by atoms with Crippen LogP contribution >= 0.6 is 34.8 Å². The fourth-order valence-corrected chi connectivity index (χ4v) is 2.84. The van der Waals surface area contributed by atoms with Crippen molar-refractivity contribution in [2.75, 3.05) is 0 Å². The van der Waals surface area contributed by atoms with Gasteiger partial charge in [0.2, 0.25) is 0 Å². The Hall–Kier alpha value is -0.800. The minimum atomic E-state index is -0.407. The lowest BCUT2D eigenvalue weighted by Gasteiger charge is -2.12. The maximum atomic E-state index is 14.0. The summed E-state index contributed by atoms with van der Waals surface area (Å²) in [4.78, 5) is 0. The Morgan fingerprint density at radius 1 is 1.05 bits per heavy atom. The molecule has 2 rings (SSSR count). The van der Waals surface area contributed by atoms with E-state index >= 15 is 0 Å². The second-order valence-electron chi connectivity index (χ2n) is 4.27. The van der Waals surface area contributed by atoms with E-state index in [1.807, 2.05) is 6.92 Å². The van der Waals surface area contributed by atoms with E-state index < -0.39 is 5.82 Å². The molecule has 1 atom stereocenters. The lowest BCUT2D eigenvalue weighted by atomic mass is 9.99. The molecule has 0 heterocycles. The monoisotopic (exact) mass is 317 g/mol. The number of rotatable bonds is 2. The first-order valence-electron chi connectivity index (χ1n) is 5.60. The molecule has 0 aliphatic heterocycles. The number of nitrogens with two attached hydrogens (primary N) is 1.